The van der Waals surface area contributed by atoms with Gasteiger partial charge in [0.1, 0.15) is 6.10 Å². The van der Waals surface area contributed by atoms with Gasteiger partial charge in [-0.05, 0) is 55.0 Å². The van der Waals surface area contributed by atoms with Crippen molar-refractivity contribution in [2.24, 2.45) is 5.92 Å². The predicted octanol–water partition coefficient (Wildman–Crippen LogP) is 5.84. The topological polar surface area (TPSA) is 105 Å². The molecule has 1 aliphatic carbocycles. The zero-order valence-corrected chi connectivity index (χ0v) is 24.5. The molecule has 0 aliphatic heterocycles. The number of carbonyl (C=O) groups excluding carboxylic acids is 4. The van der Waals surface area contributed by atoms with Crippen molar-refractivity contribution >= 4 is 36.5 Å². The SMILES string of the molecule is O=C(OC[C@H]1C[C@@H](S)[C@H](OC(=O)c2ccccc2)[C@@H](OC(=O)c2ccccc2)[C@@H]1OC(=O)c1ccccc1)c1ccccc1. The average Bonchev–Trinajstić information content (AvgIpc) is 3.07. The summed E-state index contributed by atoms with van der Waals surface area (Å²) in [6.45, 7) is -0.170. The second-order valence-electron chi connectivity index (χ2n) is 10.2. The van der Waals surface area contributed by atoms with Crippen molar-refractivity contribution in [3.8, 4) is 0 Å². The molecule has 0 bridgehead atoms. The van der Waals surface area contributed by atoms with E-state index in [9.17, 15) is 19.2 Å². The summed E-state index contributed by atoms with van der Waals surface area (Å²) >= 11 is 4.74. The summed E-state index contributed by atoms with van der Waals surface area (Å²) in [5.74, 6) is -3.26. The molecule has 0 N–H and O–H groups in total. The van der Waals surface area contributed by atoms with Gasteiger partial charge in [-0.1, -0.05) is 72.8 Å². The lowest BCUT2D eigenvalue weighted by molar-refractivity contribution is -0.129. The van der Waals surface area contributed by atoms with Gasteiger partial charge in [0, 0.05) is 11.2 Å². The molecule has 8 nitrogen and oxygen atoms in total. The molecule has 0 spiro atoms. The van der Waals surface area contributed by atoms with Gasteiger partial charge in [-0.25, -0.2) is 19.2 Å². The Labute approximate surface area is 260 Å². The van der Waals surface area contributed by atoms with E-state index in [1.165, 1.54) is 0 Å². The number of ether oxygens (including phenoxy) is 4. The van der Waals surface area contributed by atoms with Crippen molar-refractivity contribution in [2.45, 2.75) is 30.0 Å². The Bertz CT molecular complexity index is 1560. The van der Waals surface area contributed by atoms with Crippen LogP contribution in [0.3, 0.4) is 0 Å². The van der Waals surface area contributed by atoms with Crippen LogP contribution in [0, 0.1) is 5.92 Å². The molecule has 9 heteroatoms. The first kappa shape index (κ1) is 30.6. The van der Waals surface area contributed by atoms with E-state index in [0.29, 0.717) is 5.56 Å². The van der Waals surface area contributed by atoms with Gasteiger partial charge in [-0.2, -0.15) is 12.6 Å². The summed E-state index contributed by atoms with van der Waals surface area (Å²) in [5.41, 5.74) is 1.16. The molecule has 44 heavy (non-hydrogen) atoms. The molecule has 1 saturated carbocycles. The third kappa shape index (κ3) is 7.54. The normalized spacial score (nSPS) is 21.0. The molecular weight excluding hydrogens is 580 g/mol. The smallest absolute Gasteiger partial charge is 0.338 e. The van der Waals surface area contributed by atoms with E-state index >= 15 is 0 Å². The zero-order valence-electron chi connectivity index (χ0n) is 23.6. The summed E-state index contributed by atoms with van der Waals surface area (Å²) < 4.78 is 23.5. The van der Waals surface area contributed by atoms with Crippen LogP contribution < -0.4 is 0 Å². The molecule has 224 valence electrons. The van der Waals surface area contributed by atoms with Crippen molar-refractivity contribution in [1.29, 1.82) is 0 Å². The van der Waals surface area contributed by atoms with E-state index in [2.05, 4.69) is 0 Å². The van der Waals surface area contributed by atoms with Crippen molar-refractivity contribution in [2.75, 3.05) is 6.61 Å². The third-order valence-electron chi connectivity index (χ3n) is 7.23. The zero-order chi connectivity index (χ0) is 30.9. The molecule has 1 aliphatic rings. The van der Waals surface area contributed by atoms with Crippen LogP contribution in [-0.4, -0.2) is 54.0 Å². The third-order valence-corrected chi connectivity index (χ3v) is 7.74. The number of rotatable bonds is 9. The summed E-state index contributed by atoms with van der Waals surface area (Å²) in [7, 11) is 0. The fraction of sp³-hybridized carbons (Fsp3) is 0.200. The Balaban J connectivity index is 1.48. The van der Waals surface area contributed by atoms with Crippen LogP contribution in [0.1, 0.15) is 47.9 Å². The molecule has 5 rings (SSSR count). The number of benzene rings is 4. The summed E-state index contributed by atoms with van der Waals surface area (Å²) in [6.07, 6.45) is -3.33. The van der Waals surface area contributed by atoms with Gasteiger partial charge < -0.3 is 18.9 Å². The van der Waals surface area contributed by atoms with Crippen LogP contribution in [-0.2, 0) is 18.9 Å². The predicted molar refractivity (Wildman–Crippen MR) is 165 cm³/mol. The number of esters is 4. The van der Waals surface area contributed by atoms with Gasteiger partial charge in [-0.15, -0.1) is 0 Å². The summed E-state index contributed by atoms with van der Waals surface area (Å²) in [4.78, 5) is 52.7. The minimum atomic E-state index is -1.28. The van der Waals surface area contributed by atoms with Gasteiger partial charge in [-0.3, -0.25) is 0 Å². The minimum Gasteiger partial charge on any atom is -0.462 e. The van der Waals surface area contributed by atoms with Crippen LogP contribution in [0.4, 0.5) is 0 Å². The molecule has 4 aromatic rings. The first-order valence-electron chi connectivity index (χ1n) is 14.1. The Morgan fingerprint density at radius 1 is 0.500 bits per heavy atom. The Hall–Kier alpha value is -4.89. The molecule has 4 aromatic carbocycles. The molecule has 1 fully saturated rings. The largest absolute Gasteiger partial charge is 0.462 e. The highest BCUT2D eigenvalue weighted by atomic mass is 32.1. The minimum absolute atomic E-state index is 0.170. The van der Waals surface area contributed by atoms with Crippen molar-refractivity contribution < 1.29 is 38.1 Å². The molecule has 5 atom stereocenters. The number of hydrogen-bond donors (Lipinski definition) is 1. The van der Waals surface area contributed by atoms with E-state index in [0.717, 1.165) is 0 Å². The maximum Gasteiger partial charge on any atom is 0.338 e. The fourth-order valence-corrected chi connectivity index (χ4v) is 5.50. The van der Waals surface area contributed by atoms with Crippen molar-refractivity contribution in [1.82, 2.24) is 0 Å². The van der Waals surface area contributed by atoms with Crippen molar-refractivity contribution in [3.63, 3.8) is 0 Å². The van der Waals surface area contributed by atoms with Crippen LogP contribution in [0.15, 0.2) is 121 Å². The Kier molecular flexibility index (Phi) is 10.1. The lowest BCUT2D eigenvalue weighted by Gasteiger charge is -2.43. The van der Waals surface area contributed by atoms with Gasteiger partial charge in [0.15, 0.2) is 12.2 Å². The maximum absolute atomic E-state index is 13.4. The van der Waals surface area contributed by atoms with E-state index in [1.54, 1.807) is 121 Å². The first-order chi connectivity index (χ1) is 21.4. The lowest BCUT2D eigenvalue weighted by atomic mass is 9.82. The fourth-order valence-electron chi connectivity index (χ4n) is 5.00. The van der Waals surface area contributed by atoms with Crippen LogP contribution in [0.2, 0.25) is 0 Å². The van der Waals surface area contributed by atoms with E-state index in [4.69, 9.17) is 31.6 Å². The number of thiol groups is 1. The molecule has 0 unspecified atom stereocenters. The quantitative estimate of drug-likeness (QED) is 0.143. The highest BCUT2D eigenvalue weighted by Crippen LogP contribution is 2.36. The molecule has 0 saturated heterocycles. The highest BCUT2D eigenvalue weighted by Gasteiger charge is 2.51. The van der Waals surface area contributed by atoms with Gasteiger partial charge in [0.25, 0.3) is 0 Å². The number of hydrogen-bond acceptors (Lipinski definition) is 9. The van der Waals surface area contributed by atoms with E-state index in [1.807, 2.05) is 0 Å². The molecule has 0 heterocycles. The van der Waals surface area contributed by atoms with Crippen molar-refractivity contribution in [3.05, 3.63) is 144 Å². The average molecular weight is 611 g/mol. The molecule has 0 aromatic heterocycles. The molecule has 0 radical (unpaired) electrons. The van der Waals surface area contributed by atoms with Gasteiger partial charge in [0.05, 0.1) is 28.9 Å². The Morgan fingerprint density at radius 2 is 0.841 bits per heavy atom. The van der Waals surface area contributed by atoms with Gasteiger partial charge >= 0.3 is 23.9 Å². The molecule has 0 amide bonds. The second kappa shape index (κ2) is 14.5. The summed E-state index contributed by atoms with van der Waals surface area (Å²) in [6, 6.07) is 33.5. The molecular formula is C35H30O8S. The lowest BCUT2D eigenvalue weighted by Crippen LogP contribution is -2.57. The van der Waals surface area contributed by atoms with E-state index in [-0.39, 0.29) is 29.7 Å². The first-order valence-corrected chi connectivity index (χ1v) is 14.6. The van der Waals surface area contributed by atoms with Crippen LogP contribution in [0.25, 0.3) is 0 Å². The second-order valence-corrected chi connectivity index (χ2v) is 10.9. The Morgan fingerprint density at radius 3 is 1.25 bits per heavy atom. The van der Waals surface area contributed by atoms with Crippen LogP contribution in [0.5, 0.6) is 0 Å². The highest BCUT2D eigenvalue weighted by molar-refractivity contribution is 7.81. The van der Waals surface area contributed by atoms with Crippen LogP contribution >= 0.6 is 12.6 Å². The standard InChI is InChI=1S/C35H30O8S/c36-32(23-13-5-1-6-14-23)40-22-27-21-28(44)30(42-34(38)25-17-9-3-10-18-25)31(43-35(39)26-19-11-4-12-20-26)29(27)41-33(37)24-15-7-2-8-16-24/h1-20,27-31,44H,21-22H2/t27-,28-,29-,30+,31+/m1/s1. The van der Waals surface area contributed by atoms with Gasteiger partial charge in [0.2, 0.25) is 0 Å². The monoisotopic (exact) mass is 610 g/mol. The summed E-state index contributed by atoms with van der Waals surface area (Å²) in [5, 5.41) is -0.664. The maximum atomic E-state index is 13.4. The van der Waals surface area contributed by atoms with E-state index < -0.39 is 53.4 Å². The number of carbonyl (C=O) groups is 4.